The highest BCUT2D eigenvalue weighted by Gasteiger charge is 2.44. The second kappa shape index (κ2) is 12.2. The third-order valence-corrected chi connectivity index (χ3v) is 8.57. The summed E-state index contributed by atoms with van der Waals surface area (Å²) in [7, 11) is 1.63. The fraction of sp³-hybridized carbons (Fsp3) is 0.400. The molecule has 2 aliphatic heterocycles. The standard InChI is InChI=1S/C30H36N4O3S/c1-3-32-14-16-33(17-15-32)21-22-10-12-23(13-11-22)31-29(35)27-24-7-4-5-8-25(24)30(36)34(18-19-37-2)28(27)26-9-6-20-38-26/h4-13,20,27-28H,3,14-19,21H2,1-2H3,(H,31,35). The van der Waals surface area contributed by atoms with Crippen LogP contribution in [0, 0.1) is 0 Å². The van der Waals surface area contributed by atoms with Crippen molar-refractivity contribution in [2.24, 2.45) is 0 Å². The molecule has 0 bridgehead atoms. The van der Waals surface area contributed by atoms with Gasteiger partial charge in [0.05, 0.1) is 18.6 Å². The van der Waals surface area contributed by atoms with Gasteiger partial charge in [0, 0.05) is 62.5 Å². The Morgan fingerprint density at radius 2 is 1.74 bits per heavy atom. The maximum atomic E-state index is 13.9. The number of anilines is 1. The van der Waals surface area contributed by atoms with Gasteiger partial charge in [-0.15, -0.1) is 11.3 Å². The smallest absolute Gasteiger partial charge is 0.254 e. The average molecular weight is 533 g/mol. The zero-order valence-electron chi connectivity index (χ0n) is 22.1. The lowest BCUT2D eigenvalue weighted by Gasteiger charge is -2.41. The van der Waals surface area contributed by atoms with Gasteiger partial charge in [-0.25, -0.2) is 0 Å². The molecule has 200 valence electrons. The molecule has 3 aromatic rings. The van der Waals surface area contributed by atoms with E-state index in [0.717, 1.165) is 55.4 Å². The number of benzene rings is 2. The molecule has 2 atom stereocenters. The molecule has 1 aromatic heterocycles. The van der Waals surface area contributed by atoms with Gasteiger partial charge in [-0.1, -0.05) is 43.3 Å². The molecule has 0 spiro atoms. The van der Waals surface area contributed by atoms with Crippen molar-refractivity contribution in [3.05, 3.63) is 87.6 Å². The maximum absolute atomic E-state index is 13.9. The summed E-state index contributed by atoms with van der Waals surface area (Å²) in [6, 6.07) is 19.2. The van der Waals surface area contributed by atoms with E-state index in [1.165, 1.54) is 5.56 Å². The van der Waals surface area contributed by atoms with Gasteiger partial charge in [0.2, 0.25) is 5.91 Å². The highest BCUT2D eigenvalue weighted by atomic mass is 32.1. The average Bonchev–Trinajstić information content (AvgIpc) is 3.48. The van der Waals surface area contributed by atoms with Gasteiger partial charge in [0.1, 0.15) is 0 Å². The molecule has 38 heavy (non-hydrogen) atoms. The molecule has 1 N–H and O–H groups in total. The third-order valence-electron chi connectivity index (χ3n) is 7.63. The molecule has 2 unspecified atom stereocenters. The summed E-state index contributed by atoms with van der Waals surface area (Å²) in [5, 5.41) is 5.15. The SMILES string of the molecule is CCN1CCN(Cc2ccc(NC(=O)C3c4ccccc4C(=O)N(CCOC)C3c3cccs3)cc2)CC1. The largest absolute Gasteiger partial charge is 0.383 e. The lowest BCUT2D eigenvalue weighted by atomic mass is 9.81. The summed E-state index contributed by atoms with van der Waals surface area (Å²) < 4.78 is 5.32. The number of piperazine rings is 1. The Morgan fingerprint density at radius 1 is 1.00 bits per heavy atom. The predicted octanol–water partition coefficient (Wildman–Crippen LogP) is 4.45. The number of methoxy groups -OCH3 is 1. The normalized spacial score (nSPS) is 20.4. The first kappa shape index (κ1) is 26.6. The first-order valence-electron chi connectivity index (χ1n) is 13.4. The lowest BCUT2D eigenvalue weighted by molar-refractivity contribution is -0.119. The number of nitrogens with one attached hydrogen (secondary N) is 1. The van der Waals surface area contributed by atoms with Crippen LogP contribution in [-0.2, 0) is 16.1 Å². The minimum Gasteiger partial charge on any atom is -0.383 e. The van der Waals surface area contributed by atoms with Gasteiger partial charge >= 0.3 is 0 Å². The van der Waals surface area contributed by atoms with Crippen LogP contribution < -0.4 is 5.32 Å². The van der Waals surface area contributed by atoms with Crippen molar-refractivity contribution >= 4 is 28.8 Å². The van der Waals surface area contributed by atoms with Crippen LogP contribution in [0.4, 0.5) is 5.69 Å². The Morgan fingerprint density at radius 3 is 2.42 bits per heavy atom. The Kier molecular flexibility index (Phi) is 8.54. The first-order valence-corrected chi connectivity index (χ1v) is 14.2. The number of hydrogen-bond acceptors (Lipinski definition) is 6. The van der Waals surface area contributed by atoms with Gasteiger partial charge in [0.25, 0.3) is 5.91 Å². The van der Waals surface area contributed by atoms with Gasteiger partial charge in [0.15, 0.2) is 0 Å². The summed E-state index contributed by atoms with van der Waals surface area (Å²) >= 11 is 1.57. The number of thiophene rings is 1. The van der Waals surface area contributed by atoms with E-state index in [1.807, 2.05) is 53.9 Å². The molecular formula is C30H36N4O3S. The number of ether oxygens (including phenoxy) is 1. The third kappa shape index (κ3) is 5.68. The molecule has 2 aromatic carbocycles. The molecule has 2 amide bonds. The van der Waals surface area contributed by atoms with Gasteiger partial charge in [-0.3, -0.25) is 14.5 Å². The number of hydrogen-bond donors (Lipinski definition) is 1. The first-order chi connectivity index (χ1) is 18.6. The van der Waals surface area contributed by atoms with Crippen LogP contribution in [0.5, 0.6) is 0 Å². The molecule has 5 rings (SSSR count). The number of fused-ring (bicyclic) bond motifs is 1. The maximum Gasteiger partial charge on any atom is 0.254 e. The van der Waals surface area contributed by atoms with Gasteiger partial charge in [-0.2, -0.15) is 0 Å². The van der Waals surface area contributed by atoms with Crippen molar-refractivity contribution in [2.75, 3.05) is 58.3 Å². The molecule has 1 fully saturated rings. The van der Waals surface area contributed by atoms with E-state index in [-0.39, 0.29) is 11.8 Å². The summed E-state index contributed by atoms with van der Waals surface area (Å²) in [4.78, 5) is 35.2. The molecule has 0 radical (unpaired) electrons. The van der Waals surface area contributed by atoms with E-state index in [2.05, 4.69) is 34.2 Å². The monoisotopic (exact) mass is 532 g/mol. The molecule has 7 nitrogen and oxygen atoms in total. The summed E-state index contributed by atoms with van der Waals surface area (Å²) in [6.45, 7) is 9.44. The van der Waals surface area contributed by atoms with Crippen LogP contribution in [0.2, 0.25) is 0 Å². The van der Waals surface area contributed by atoms with Crippen molar-refractivity contribution in [1.82, 2.24) is 14.7 Å². The van der Waals surface area contributed by atoms with Crippen molar-refractivity contribution in [2.45, 2.75) is 25.4 Å². The molecule has 8 heteroatoms. The number of amides is 2. The van der Waals surface area contributed by atoms with Crippen LogP contribution in [0.1, 0.15) is 45.2 Å². The zero-order chi connectivity index (χ0) is 26.5. The molecule has 1 saturated heterocycles. The van der Waals surface area contributed by atoms with E-state index < -0.39 is 12.0 Å². The van der Waals surface area contributed by atoms with Crippen LogP contribution in [-0.4, -0.2) is 79.5 Å². The Bertz CT molecular complexity index is 1220. The quantitative estimate of drug-likeness (QED) is 0.441. The minimum absolute atomic E-state index is 0.0655. The zero-order valence-corrected chi connectivity index (χ0v) is 23.0. The van der Waals surface area contributed by atoms with Crippen LogP contribution in [0.15, 0.2) is 66.0 Å². The summed E-state index contributed by atoms with van der Waals surface area (Å²) in [5.74, 6) is -0.715. The lowest BCUT2D eigenvalue weighted by Crippen LogP contribution is -2.47. The Balaban J connectivity index is 1.36. The number of rotatable bonds is 9. The van der Waals surface area contributed by atoms with E-state index in [4.69, 9.17) is 4.74 Å². The summed E-state index contributed by atoms with van der Waals surface area (Å²) in [5.41, 5.74) is 3.35. The van der Waals surface area contributed by atoms with Crippen LogP contribution >= 0.6 is 11.3 Å². The fourth-order valence-electron chi connectivity index (χ4n) is 5.52. The molecule has 0 saturated carbocycles. The van der Waals surface area contributed by atoms with E-state index in [1.54, 1.807) is 23.3 Å². The molecule has 0 aliphatic carbocycles. The second-order valence-electron chi connectivity index (χ2n) is 9.91. The van der Waals surface area contributed by atoms with Gasteiger partial charge in [-0.05, 0) is 47.3 Å². The predicted molar refractivity (Wildman–Crippen MR) is 152 cm³/mol. The molecule has 3 heterocycles. The number of nitrogens with zero attached hydrogens (tertiary/aromatic N) is 3. The Labute approximate surface area is 229 Å². The topological polar surface area (TPSA) is 65.1 Å². The van der Waals surface area contributed by atoms with E-state index in [9.17, 15) is 9.59 Å². The van der Waals surface area contributed by atoms with Gasteiger partial charge < -0.3 is 19.9 Å². The van der Waals surface area contributed by atoms with Crippen molar-refractivity contribution in [3.63, 3.8) is 0 Å². The highest BCUT2D eigenvalue weighted by Crippen LogP contribution is 2.44. The highest BCUT2D eigenvalue weighted by molar-refractivity contribution is 7.10. The van der Waals surface area contributed by atoms with Crippen LogP contribution in [0.3, 0.4) is 0 Å². The van der Waals surface area contributed by atoms with Crippen LogP contribution in [0.25, 0.3) is 0 Å². The summed E-state index contributed by atoms with van der Waals surface area (Å²) in [6.07, 6.45) is 0. The second-order valence-corrected chi connectivity index (χ2v) is 10.9. The Hall–Kier alpha value is -3.04. The number of carbonyl (C=O) groups excluding carboxylic acids is 2. The fourth-order valence-corrected chi connectivity index (χ4v) is 6.40. The number of carbonyl (C=O) groups is 2. The van der Waals surface area contributed by atoms with Crippen molar-refractivity contribution in [1.29, 1.82) is 0 Å². The minimum atomic E-state index is -0.533. The molecule has 2 aliphatic rings. The van der Waals surface area contributed by atoms with E-state index in [0.29, 0.717) is 18.7 Å². The van der Waals surface area contributed by atoms with E-state index >= 15 is 0 Å². The van der Waals surface area contributed by atoms with Crippen molar-refractivity contribution < 1.29 is 14.3 Å². The van der Waals surface area contributed by atoms with Crippen molar-refractivity contribution in [3.8, 4) is 0 Å². The number of likely N-dealkylation sites (N-methyl/N-ethyl adjacent to an activating group) is 1. The molecular weight excluding hydrogens is 496 g/mol.